The van der Waals surface area contributed by atoms with Crippen LogP contribution in [0.4, 0.5) is 0 Å². The topological polar surface area (TPSA) is 47.5 Å². The Morgan fingerprint density at radius 1 is 1.21 bits per heavy atom. The Bertz CT molecular complexity index is 1100. The number of amides is 1. The molecule has 1 amide bonds. The molecule has 4 aromatic rings. The summed E-state index contributed by atoms with van der Waals surface area (Å²) >= 11 is 3.20. The first-order valence-corrected chi connectivity index (χ1v) is 9.41. The number of benzene rings is 2. The molecule has 24 heavy (non-hydrogen) atoms. The van der Waals surface area contributed by atoms with Gasteiger partial charge in [0.25, 0.3) is 0 Å². The predicted molar refractivity (Wildman–Crippen MR) is 98.7 cm³/mol. The molecule has 120 valence electrons. The zero-order chi connectivity index (χ0) is 16.7. The third kappa shape index (κ3) is 2.57. The number of hydrogen-bond donors (Lipinski definition) is 0. The van der Waals surface area contributed by atoms with E-state index in [2.05, 4.69) is 23.2 Å². The summed E-state index contributed by atoms with van der Waals surface area (Å²) in [5.74, 6) is -0.100. The number of hydrogen-bond acceptors (Lipinski definition) is 4. The van der Waals surface area contributed by atoms with Gasteiger partial charge in [-0.1, -0.05) is 29.5 Å². The van der Waals surface area contributed by atoms with Crippen LogP contribution in [-0.4, -0.2) is 16.7 Å². The number of carbonyl (C=O) groups is 1. The van der Waals surface area contributed by atoms with Crippen LogP contribution in [0.15, 0.2) is 62.8 Å². The second-order valence-corrected chi connectivity index (χ2v) is 7.23. The molecular weight excluding hydrogens is 340 g/mol. The van der Waals surface area contributed by atoms with Crippen LogP contribution in [0.25, 0.3) is 21.2 Å². The van der Waals surface area contributed by atoms with Crippen LogP contribution in [0.2, 0.25) is 0 Å². The van der Waals surface area contributed by atoms with Gasteiger partial charge in [-0.15, -0.1) is 11.8 Å². The number of furan rings is 1. The Morgan fingerprint density at radius 3 is 2.83 bits per heavy atom. The van der Waals surface area contributed by atoms with E-state index < -0.39 is 0 Å². The van der Waals surface area contributed by atoms with Gasteiger partial charge in [0.05, 0.1) is 10.2 Å². The van der Waals surface area contributed by atoms with Gasteiger partial charge in [-0.05, 0) is 36.6 Å². The lowest BCUT2D eigenvalue weighted by Gasteiger charge is -1.97. The quantitative estimate of drug-likeness (QED) is 0.500. The van der Waals surface area contributed by atoms with E-state index in [-0.39, 0.29) is 11.7 Å². The summed E-state index contributed by atoms with van der Waals surface area (Å²) in [6.45, 7) is 0. The Morgan fingerprint density at radius 2 is 2.04 bits per heavy atom. The van der Waals surface area contributed by atoms with Crippen molar-refractivity contribution in [1.29, 1.82) is 0 Å². The maximum Gasteiger partial charge on any atom is 0.315 e. The van der Waals surface area contributed by atoms with Crippen molar-refractivity contribution in [3.8, 4) is 0 Å². The molecule has 0 saturated heterocycles. The van der Waals surface area contributed by atoms with Crippen molar-refractivity contribution in [2.24, 2.45) is 12.0 Å². The summed E-state index contributed by atoms with van der Waals surface area (Å²) in [6, 6.07) is 15.5. The van der Waals surface area contributed by atoms with Crippen molar-refractivity contribution in [2.75, 3.05) is 6.26 Å². The lowest BCUT2D eigenvalue weighted by atomic mass is 10.2. The molecule has 2 aromatic heterocycles. The van der Waals surface area contributed by atoms with E-state index in [9.17, 15) is 4.79 Å². The lowest BCUT2D eigenvalue weighted by molar-refractivity contribution is 0.0973. The van der Waals surface area contributed by atoms with Crippen LogP contribution in [-0.2, 0) is 7.05 Å². The highest BCUT2D eigenvalue weighted by molar-refractivity contribution is 7.98. The van der Waals surface area contributed by atoms with Gasteiger partial charge in [-0.25, -0.2) is 0 Å². The maximum atomic E-state index is 12.5. The van der Waals surface area contributed by atoms with Gasteiger partial charge in [0.15, 0.2) is 10.6 Å². The molecule has 0 fully saturated rings. The molecule has 2 aromatic carbocycles. The highest BCUT2D eigenvalue weighted by Gasteiger charge is 2.12. The van der Waals surface area contributed by atoms with E-state index in [1.807, 2.05) is 42.1 Å². The minimum Gasteiger partial charge on any atom is -0.451 e. The van der Waals surface area contributed by atoms with Crippen molar-refractivity contribution in [3.63, 3.8) is 0 Å². The number of nitrogens with zero attached hydrogens (tertiary/aromatic N) is 2. The normalized spacial score (nSPS) is 12.3. The molecule has 4 nitrogen and oxygen atoms in total. The molecule has 0 bridgehead atoms. The standard InChI is InChI=1S/C18H14N2O2S2/c1-20-13-8-7-12(23-2)10-16(13)24-18(20)19-17(21)15-9-11-5-3-4-6-14(11)22-15/h3-10H,1-2H3. The minimum atomic E-state index is -0.363. The molecule has 0 aliphatic rings. The number of fused-ring (bicyclic) bond motifs is 2. The molecule has 0 aliphatic carbocycles. The molecule has 0 unspecified atom stereocenters. The molecule has 0 spiro atoms. The minimum absolute atomic E-state index is 0.262. The Balaban J connectivity index is 1.80. The largest absolute Gasteiger partial charge is 0.451 e. The Hall–Kier alpha value is -2.31. The fourth-order valence-electron chi connectivity index (χ4n) is 2.58. The van der Waals surface area contributed by atoms with Gasteiger partial charge in [0.1, 0.15) is 5.58 Å². The maximum absolute atomic E-state index is 12.5. The monoisotopic (exact) mass is 354 g/mol. The number of rotatable bonds is 2. The summed E-state index contributed by atoms with van der Waals surface area (Å²) in [7, 11) is 1.92. The van der Waals surface area contributed by atoms with Gasteiger partial charge >= 0.3 is 5.91 Å². The molecule has 0 N–H and O–H groups in total. The van der Waals surface area contributed by atoms with Crippen LogP contribution in [0.5, 0.6) is 0 Å². The van der Waals surface area contributed by atoms with Gasteiger partial charge in [0.2, 0.25) is 0 Å². The van der Waals surface area contributed by atoms with E-state index in [1.54, 1.807) is 17.8 Å². The Kier molecular flexibility index (Phi) is 3.78. The van der Waals surface area contributed by atoms with Crippen molar-refractivity contribution in [2.45, 2.75) is 4.90 Å². The molecular formula is C18H14N2O2S2. The number of carbonyl (C=O) groups excluding carboxylic acids is 1. The van der Waals surface area contributed by atoms with Crippen LogP contribution in [0.1, 0.15) is 10.6 Å². The summed E-state index contributed by atoms with van der Waals surface area (Å²) in [4.78, 5) is 18.6. The number of thiazole rings is 1. The highest BCUT2D eigenvalue weighted by atomic mass is 32.2. The van der Waals surface area contributed by atoms with Gasteiger partial charge in [0, 0.05) is 17.3 Å². The number of para-hydroxylation sites is 1. The average molecular weight is 354 g/mol. The summed E-state index contributed by atoms with van der Waals surface area (Å²) in [6.07, 6.45) is 2.05. The number of thioether (sulfide) groups is 1. The molecule has 0 saturated carbocycles. The van der Waals surface area contributed by atoms with E-state index >= 15 is 0 Å². The SMILES string of the molecule is CSc1ccc2c(c1)sc(=NC(=O)c1cc3ccccc3o1)n2C. The fourth-order valence-corrected chi connectivity index (χ4v) is 4.15. The molecule has 2 heterocycles. The van der Waals surface area contributed by atoms with Crippen LogP contribution in [0, 0.1) is 0 Å². The smallest absolute Gasteiger partial charge is 0.315 e. The van der Waals surface area contributed by atoms with E-state index in [1.165, 1.54) is 16.2 Å². The van der Waals surface area contributed by atoms with Crippen LogP contribution < -0.4 is 4.80 Å². The Labute approximate surface area is 146 Å². The zero-order valence-electron chi connectivity index (χ0n) is 13.1. The second kappa shape index (κ2) is 5.96. The first kappa shape index (κ1) is 15.2. The van der Waals surface area contributed by atoms with Gasteiger partial charge in [-0.2, -0.15) is 4.99 Å². The van der Waals surface area contributed by atoms with Gasteiger partial charge < -0.3 is 8.98 Å². The number of aromatic nitrogens is 1. The first-order valence-electron chi connectivity index (χ1n) is 7.37. The molecule has 0 atom stereocenters. The number of aryl methyl sites for hydroxylation is 1. The van der Waals surface area contributed by atoms with Crippen molar-refractivity contribution in [1.82, 2.24) is 4.57 Å². The summed E-state index contributed by atoms with van der Waals surface area (Å²) < 4.78 is 8.65. The molecule has 0 aliphatic heterocycles. The van der Waals surface area contributed by atoms with Crippen molar-refractivity contribution < 1.29 is 9.21 Å². The summed E-state index contributed by atoms with van der Waals surface area (Å²) in [5.41, 5.74) is 1.76. The lowest BCUT2D eigenvalue weighted by Crippen LogP contribution is -2.12. The van der Waals surface area contributed by atoms with Crippen LogP contribution >= 0.6 is 23.1 Å². The third-order valence-electron chi connectivity index (χ3n) is 3.85. The predicted octanol–water partition coefficient (Wildman–Crippen LogP) is 4.45. The fraction of sp³-hybridized carbons (Fsp3) is 0.111. The zero-order valence-corrected chi connectivity index (χ0v) is 14.8. The average Bonchev–Trinajstić information content (AvgIpc) is 3.16. The first-order chi connectivity index (χ1) is 11.7. The van der Waals surface area contributed by atoms with Crippen molar-refractivity contribution in [3.05, 3.63) is 59.1 Å². The van der Waals surface area contributed by atoms with Crippen molar-refractivity contribution >= 4 is 50.2 Å². The summed E-state index contributed by atoms with van der Waals surface area (Å²) in [5, 5.41) is 0.904. The second-order valence-electron chi connectivity index (χ2n) is 5.34. The molecule has 6 heteroatoms. The van der Waals surface area contributed by atoms with E-state index in [0.717, 1.165) is 15.6 Å². The molecule has 4 rings (SSSR count). The van der Waals surface area contributed by atoms with E-state index in [4.69, 9.17) is 4.42 Å². The van der Waals surface area contributed by atoms with Crippen LogP contribution in [0.3, 0.4) is 0 Å². The third-order valence-corrected chi connectivity index (χ3v) is 5.67. The highest BCUT2D eigenvalue weighted by Crippen LogP contribution is 2.24. The van der Waals surface area contributed by atoms with Gasteiger partial charge in [-0.3, -0.25) is 4.79 Å². The van der Waals surface area contributed by atoms with E-state index in [0.29, 0.717) is 10.4 Å². The molecule has 0 radical (unpaired) electrons.